The number of hydrogen-bond acceptors (Lipinski definition) is 4. The van der Waals surface area contributed by atoms with Crippen molar-refractivity contribution in [2.24, 2.45) is 0 Å². The summed E-state index contributed by atoms with van der Waals surface area (Å²) < 4.78 is 38.9. The van der Waals surface area contributed by atoms with Gasteiger partial charge in [0.1, 0.15) is 5.82 Å². The molecule has 0 unspecified atom stereocenters. The minimum Gasteiger partial charge on any atom is -0.369 e. The number of nitrogens with zero attached hydrogens (tertiary/aromatic N) is 2. The molecule has 0 amide bonds. The van der Waals surface area contributed by atoms with E-state index in [9.17, 15) is 12.8 Å². The number of benzene rings is 2. The van der Waals surface area contributed by atoms with Crippen molar-refractivity contribution in [2.75, 3.05) is 37.6 Å². The van der Waals surface area contributed by atoms with Gasteiger partial charge in [0.2, 0.25) is 0 Å². The molecular formula is C23H29FN2O2S. The summed E-state index contributed by atoms with van der Waals surface area (Å²) in [6.45, 7) is 4.67. The van der Waals surface area contributed by atoms with Crippen LogP contribution >= 0.6 is 0 Å². The van der Waals surface area contributed by atoms with Gasteiger partial charge in [-0.2, -0.15) is 0 Å². The fourth-order valence-corrected chi connectivity index (χ4v) is 6.83. The first-order valence-corrected chi connectivity index (χ1v) is 12.0. The molecule has 2 aromatic rings. The van der Waals surface area contributed by atoms with E-state index in [1.165, 1.54) is 12.1 Å². The molecule has 4 nitrogen and oxygen atoms in total. The summed E-state index contributed by atoms with van der Waals surface area (Å²) in [4.78, 5) is 5.16. The van der Waals surface area contributed by atoms with Gasteiger partial charge >= 0.3 is 0 Å². The molecule has 2 aliphatic rings. The Balaban J connectivity index is 1.29. The van der Waals surface area contributed by atoms with Crippen LogP contribution in [0.4, 0.5) is 10.1 Å². The zero-order chi connectivity index (χ0) is 20.3. The lowest BCUT2D eigenvalue weighted by Gasteiger charge is -2.42. The van der Waals surface area contributed by atoms with Crippen LogP contribution in [0.1, 0.15) is 32.1 Å². The fourth-order valence-electron chi connectivity index (χ4n) is 4.58. The molecular weight excluding hydrogens is 387 g/mol. The van der Waals surface area contributed by atoms with E-state index in [1.807, 2.05) is 18.2 Å². The Kier molecular flexibility index (Phi) is 5.93. The third-order valence-electron chi connectivity index (χ3n) is 6.56. The Morgan fingerprint density at radius 1 is 0.897 bits per heavy atom. The fraction of sp³-hybridized carbons (Fsp3) is 0.478. The molecule has 1 saturated carbocycles. The van der Waals surface area contributed by atoms with Crippen molar-refractivity contribution >= 4 is 15.5 Å². The Hall–Kier alpha value is -1.92. The molecule has 6 heteroatoms. The number of anilines is 1. The van der Waals surface area contributed by atoms with E-state index in [0.29, 0.717) is 4.90 Å². The molecule has 2 fully saturated rings. The van der Waals surface area contributed by atoms with Crippen LogP contribution in [0.5, 0.6) is 0 Å². The molecule has 0 aromatic heterocycles. The summed E-state index contributed by atoms with van der Waals surface area (Å²) in [6, 6.07) is 15.6. The number of piperazine rings is 1. The third-order valence-corrected chi connectivity index (χ3v) is 9.20. The molecule has 1 saturated heterocycles. The third kappa shape index (κ3) is 4.19. The van der Waals surface area contributed by atoms with Gasteiger partial charge in [0.15, 0.2) is 9.84 Å². The van der Waals surface area contributed by atoms with Crippen molar-refractivity contribution in [1.82, 2.24) is 4.90 Å². The molecule has 0 radical (unpaired) electrons. The average Bonchev–Trinajstić information content (AvgIpc) is 2.71. The van der Waals surface area contributed by atoms with E-state index in [0.717, 1.165) is 70.5 Å². The molecule has 1 aliphatic heterocycles. The van der Waals surface area contributed by atoms with Crippen LogP contribution in [0.15, 0.2) is 59.5 Å². The standard InChI is InChI=1S/C23H29FN2O2S/c24-20-8-10-21(11-9-20)26-18-16-25(17-19-26)15-5-14-23(12-4-13-23)29(27,28)22-6-2-1-3-7-22/h1-3,6-11H,4-5,12-19H2. The zero-order valence-electron chi connectivity index (χ0n) is 16.8. The highest BCUT2D eigenvalue weighted by atomic mass is 32.2. The van der Waals surface area contributed by atoms with E-state index < -0.39 is 14.6 Å². The summed E-state index contributed by atoms with van der Waals surface area (Å²) in [5, 5.41) is 0. The number of sulfone groups is 1. The highest BCUT2D eigenvalue weighted by Crippen LogP contribution is 2.46. The molecule has 1 aliphatic carbocycles. The molecule has 156 valence electrons. The van der Waals surface area contributed by atoms with Gasteiger partial charge in [0.05, 0.1) is 9.64 Å². The zero-order valence-corrected chi connectivity index (χ0v) is 17.6. The van der Waals surface area contributed by atoms with E-state index in [4.69, 9.17) is 0 Å². The maximum absolute atomic E-state index is 13.2. The largest absolute Gasteiger partial charge is 0.369 e. The quantitative estimate of drug-likeness (QED) is 0.681. The van der Waals surface area contributed by atoms with E-state index in [2.05, 4.69) is 9.80 Å². The van der Waals surface area contributed by atoms with Crippen LogP contribution in [0.25, 0.3) is 0 Å². The minimum absolute atomic E-state index is 0.206. The van der Waals surface area contributed by atoms with Crippen molar-refractivity contribution in [2.45, 2.75) is 41.7 Å². The predicted octanol–water partition coefficient (Wildman–Crippen LogP) is 4.12. The molecule has 0 spiro atoms. The maximum Gasteiger partial charge on any atom is 0.184 e. The first-order valence-electron chi connectivity index (χ1n) is 10.5. The lowest BCUT2D eigenvalue weighted by molar-refractivity contribution is 0.234. The number of rotatable bonds is 7. The Labute approximate surface area is 173 Å². The minimum atomic E-state index is -3.27. The second-order valence-corrected chi connectivity index (χ2v) is 10.6. The van der Waals surface area contributed by atoms with Gasteiger partial charge in [0, 0.05) is 31.9 Å². The van der Waals surface area contributed by atoms with E-state index >= 15 is 0 Å². The van der Waals surface area contributed by atoms with Crippen LogP contribution in [0, 0.1) is 5.82 Å². The van der Waals surface area contributed by atoms with Crippen molar-refractivity contribution in [3.8, 4) is 0 Å². The van der Waals surface area contributed by atoms with Crippen LogP contribution in [0.3, 0.4) is 0 Å². The highest BCUT2D eigenvalue weighted by molar-refractivity contribution is 7.93. The second kappa shape index (κ2) is 8.44. The molecule has 0 N–H and O–H groups in total. The van der Waals surface area contributed by atoms with Gasteiger partial charge in [-0.1, -0.05) is 24.6 Å². The molecule has 0 atom stereocenters. The molecule has 1 heterocycles. The monoisotopic (exact) mass is 416 g/mol. The van der Waals surface area contributed by atoms with Gasteiger partial charge < -0.3 is 4.90 Å². The van der Waals surface area contributed by atoms with Gasteiger partial charge in [-0.05, 0) is 68.6 Å². The maximum atomic E-state index is 13.2. The van der Waals surface area contributed by atoms with Crippen LogP contribution in [-0.2, 0) is 9.84 Å². The van der Waals surface area contributed by atoms with E-state index in [-0.39, 0.29) is 5.82 Å². The normalized spacial score (nSPS) is 19.7. The summed E-state index contributed by atoms with van der Waals surface area (Å²) in [5.74, 6) is -0.206. The molecule has 4 rings (SSSR count). The lowest BCUT2D eigenvalue weighted by atomic mass is 9.81. The smallest absolute Gasteiger partial charge is 0.184 e. The van der Waals surface area contributed by atoms with Crippen molar-refractivity contribution in [1.29, 1.82) is 0 Å². The van der Waals surface area contributed by atoms with Crippen LogP contribution in [0.2, 0.25) is 0 Å². The highest BCUT2D eigenvalue weighted by Gasteiger charge is 2.48. The van der Waals surface area contributed by atoms with Gasteiger partial charge in [-0.3, -0.25) is 4.90 Å². The predicted molar refractivity (Wildman–Crippen MR) is 114 cm³/mol. The topological polar surface area (TPSA) is 40.6 Å². The first kappa shape index (κ1) is 20.4. The second-order valence-electron chi connectivity index (χ2n) is 8.26. The summed E-state index contributed by atoms with van der Waals surface area (Å²) in [5.41, 5.74) is 1.06. The van der Waals surface area contributed by atoms with Crippen molar-refractivity contribution in [3.05, 3.63) is 60.4 Å². The Morgan fingerprint density at radius 2 is 1.55 bits per heavy atom. The summed E-state index contributed by atoms with van der Waals surface area (Å²) in [6.07, 6.45) is 4.21. The first-order chi connectivity index (χ1) is 14.0. The lowest BCUT2D eigenvalue weighted by Crippen LogP contribution is -2.48. The van der Waals surface area contributed by atoms with Crippen LogP contribution in [-0.4, -0.2) is 50.8 Å². The Morgan fingerprint density at radius 3 is 2.14 bits per heavy atom. The van der Waals surface area contributed by atoms with E-state index in [1.54, 1.807) is 24.3 Å². The summed E-state index contributed by atoms with van der Waals surface area (Å²) >= 11 is 0. The van der Waals surface area contributed by atoms with Crippen LogP contribution < -0.4 is 4.90 Å². The summed E-state index contributed by atoms with van der Waals surface area (Å²) in [7, 11) is -3.27. The SMILES string of the molecule is O=S(=O)(c1ccccc1)C1(CCCN2CCN(c3ccc(F)cc3)CC2)CCC1. The average molecular weight is 417 g/mol. The molecule has 2 aromatic carbocycles. The molecule has 0 bridgehead atoms. The van der Waals surface area contributed by atoms with Crippen molar-refractivity contribution < 1.29 is 12.8 Å². The number of halogens is 1. The number of hydrogen-bond donors (Lipinski definition) is 0. The van der Waals surface area contributed by atoms with Crippen molar-refractivity contribution in [3.63, 3.8) is 0 Å². The van der Waals surface area contributed by atoms with Gasteiger partial charge in [-0.25, -0.2) is 12.8 Å². The van der Waals surface area contributed by atoms with Gasteiger partial charge in [-0.15, -0.1) is 0 Å². The Bertz CT molecular complexity index is 904. The molecule has 29 heavy (non-hydrogen) atoms. The van der Waals surface area contributed by atoms with Gasteiger partial charge in [0.25, 0.3) is 0 Å².